The first kappa shape index (κ1) is 28.3. The van der Waals surface area contributed by atoms with Gasteiger partial charge in [-0.15, -0.1) is 0 Å². The predicted molar refractivity (Wildman–Crippen MR) is 147 cm³/mol. The highest BCUT2D eigenvalue weighted by Gasteiger charge is 2.39. The molecule has 8 nitrogen and oxygen atoms in total. The summed E-state index contributed by atoms with van der Waals surface area (Å²) in [6.07, 6.45) is 2.77. The lowest BCUT2D eigenvalue weighted by Crippen LogP contribution is -2.47. The van der Waals surface area contributed by atoms with E-state index in [9.17, 15) is 9.59 Å². The van der Waals surface area contributed by atoms with Crippen molar-refractivity contribution in [3.8, 4) is 5.75 Å². The first-order valence-electron chi connectivity index (χ1n) is 12.8. The number of carbonyl (C=O) groups excluding carboxylic acids is 2. The van der Waals surface area contributed by atoms with Gasteiger partial charge in [-0.1, -0.05) is 29.3 Å². The van der Waals surface area contributed by atoms with Crippen LogP contribution in [-0.4, -0.2) is 66.9 Å². The topological polar surface area (TPSA) is 81.2 Å². The van der Waals surface area contributed by atoms with Crippen LogP contribution >= 0.6 is 23.2 Å². The Hall–Kier alpha value is -2.71. The summed E-state index contributed by atoms with van der Waals surface area (Å²) in [6.45, 7) is 9.58. The summed E-state index contributed by atoms with van der Waals surface area (Å²) in [5.74, 6) is 0.397. The lowest BCUT2D eigenvalue weighted by molar-refractivity contribution is -0.148. The number of likely N-dealkylation sites (tertiary alicyclic amines) is 1. The minimum absolute atomic E-state index is 0.0601. The van der Waals surface area contributed by atoms with Crippen LogP contribution in [0, 0.1) is 12.8 Å². The van der Waals surface area contributed by atoms with Crippen molar-refractivity contribution >= 4 is 41.1 Å². The molecule has 0 aliphatic carbocycles. The number of benzene rings is 1. The maximum absolute atomic E-state index is 12.7. The average Bonchev–Trinajstić information content (AvgIpc) is 3.33. The maximum atomic E-state index is 12.7. The van der Waals surface area contributed by atoms with Gasteiger partial charge in [0.05, 0.1) is 29.6 Å². The van der Waals surface area contributed by atoms with Gasteiger partial charge in [0.1, 0.15) is 17.5 Å². The number of aryl methyl sites for hydroxylation is 1. The number of pyridine rings is 1. The van der Waals surface area contributed by atoms with Crippen LogP contribution in [0.5, 0.6) is 5.75 Å². The second-order valence-electron chi connectivity index (χ2n) is 10.9. The molecule has 0 spiro atoms. The van der Waals surface area contributed by atoms with Crippen LogP contribution in [0.3, 0.4) is 0 Å². The molecule has 0 N–H and O–H groups in total. The van der Waals surface area contributed by atoms with Crippen LogP contribution in [-0.2, 0) is 14.3 Å². The lowest BCUT2D eigenvalue weighted by Gasteiger charge is -2.37. The molecule has 1 aromatic heterocycles. The van der Waals surface area contributed by atoms with Gasteiger partial charge < -0.3 is 24.0 Å². The number of esters is 1. The molecule has 10 heteroatoms. The summed E-state index contributed by atoms with van der Waals surface area (Å²) in [5, 5.41) is 1.02. The van der Waals surface area contributed by atoms with Crippen LogP contribution < -0.4 is 9.64 Å². The Morgan fingerprint density at radius 3 is 2.37 bits per heavy atom. The van der Waals surface area contributed by atoms with E-state index in [-0.39, 0.29) is 24.5 Å². The van der Waals surface area contributed by atoms with Gasteiger partial charge in [0, 0.05) is 38.2 Å². The number of hydrogen-bond donors (Lipinski definition) is 0. The highest BCUT2D eigenvalue weighted by atomic mass is 35.5. The third-order valence-electron chi connectivity index (χ3n) is 6.86. The zero-order valence-corrected chi connectivity index (χ0v) is 24.0. The fourth-order valence-electron chi connectivity index (χ4n) is 5.04. The molecule has 0 radical (unpaired) electrons. The smallest absolute Gasteiger partial charge is 0.410 e. The monoisotopic (exact) mass is 563 g/mol. The third kappa shape index (κ3) is 6.64. The standard InChI is InChI=1S/C28H35Cl2N3O5/c1-17-12-22(29)25(23(30)13-17)37-19-8-10-32(15-19)24-7-6-18(14-31-24)20-9-11-33(16-21(20)26(34)36-5)27(35)38-28(2,3)4/h6-7,12-14,19-21H,8-11,15-16H2,1-5H3/t19-,20-,21-/m1/s1. The van der Waals surface area contributed by atoms with E-state index in [1.165, 1.54) is 7.11 Å². The van der Waals surface area contributed by atoms with Crippen LogP contribution in [0.25, 0.3) is 0 Å². The van der Waals surface area contributed by atoms with E-state index in [1.54, 1.807) is 4.90 Å². The van der Waals surface area contributed by atoms with Gasteiger partial charge in [-0.05, 0) is 63.4 Å². The summed E-state index contributed by atoms with van der Waals surface area (Å²) in [7, 11) is 1.37. The molecule has 1 aromatic carbocycles. The molecule has 0 unspecified atom stereocenters. The second kappa shape index (κ2) is 11.6. The van der Waals surface area contributed by atoms with Crippen molar-refractivity contribution in [2.75, 3.05) is 38.2 Å². The van der Waals surface area contributed by atoms with Crippen molar-refractivity contribution in [3.63, 3.8) is 0 Å². The Morgan fingerprint density at radius 1 is 1.05 bits per heavy atom. The van der Waals surface area contributed by atoms with Gasteiger partial charge in [-0.2, -0.15) is 0 Å². The van der Waals surface area contributed by atoms with E-state index in [2.05, 4.69) is 4.90 Å². The molecule has 2 aliphatic rings. The van der Waals surface area contributed by atoms with E-state index in [1.807, 2.05) is 58.2 Å². The van der Waals surface area contributed by atoms with Crippen molar-refractivity contribution in [1.29, 1.82) is 0 Å². The molecule has 2 fully saturated rings. The summed E-state index contributed by atoms with van der Waals surface area (Å²) in [6, 6.07) is 7.66. The summed E-state index contributed by atoms with van der Waals surface area (Å²) >= 11 is 12.7. The molecule has 2 aromatic rings. The van der Waals surface area contributed by atoms with Gasteiger partial charge in [-0.3, -0.25) is 4.79 Å². The fourth-order valence-corrected chi connectivity index (χ4v) is 5.72. The minimum Gasteiger partial charge on any atom is -0.485 e. The van der Waals surface area contributed by atoms with Crippen LogP contribution in [0.1, 0.15) is 50.7 Å². The van der Waals surface area contributed by atoms with Crippen LogP contribution in [0.15, 0.2) is 30.5 Å². The Morgan fingerprint density at radius 2 is 1.76 bits per heavy atom. The molecule has 2 aliphatic heterocycles. The average molecular weight is 565 g/mol. The molecule has 0 bridgehead atoms. The summed E-state index contributed by atoms with van der Waals surface area (Å²) in [4.78, 5) is 33.7. The second-order valence-corrected chi connectivity index (χ2v) is 11.7. The third-order valence-corrected chi connectivity index (χ3v) is 7.42. The Balaban J connectivity index is 1.41. The van der Waals surface area contributed by atoms with Crippen molar-refractivity contribution in [3.05, 3.63) is 51.6 Å². The number of methoxy groups -OCH3 is 1. The molecule has 3 atom stereocenters. The van der Waals surface area contributed by atoms with Crippen molar-refractivity contribution < 1.29 is 23.8 Å². The molecule has 3 heterocycles. The van der Waals surface area contributed by atoms with E-state index in [4.69, 9.17) is 42.4 Å². The Labute approximate surface area is 234 Å². The Kier molecular flexibility index (Phi) is 8.62. The molecular weight excluding hydrogens is 529 g/mol. The normalized spacial score (nSPS) is 21.8. The van der Waals surface area contributed by atoms with Gasteiger partial charge in [0.25, 0.3) is 0 Å². The Bertz CT molecular complexity index is 1150. The number of ether oxygens (including phenoxy) is 3. The zero-order chi connectivity index (χ0) is 27.6. The molecule has 0 saturated carbocycles. The van der Waals surface area contributed by atoms with E-state index in [0.717, 1.165) is 29.9 Å². The molecular formula is C28H35Cl2N3O5. The highest BCUT2D eigenvalue weighted by molar-refractivity contribution is 6.37. The van der Waals surface area contributed by atoms with Crippen LogP contribution in [0.2, 0.25) is 10.0 Å². The number of piperidine rings is 1. The van der Waals surface area contributed by atoms with Gasteiger partial charge in [0.2, 0.25) is 0 Å². The van der Waals surface area contributed by atoms with Gasteiger partial charge in [0.15, 0.2) is 5.75 Å². The number of aromatic nitrogens is 1. The molecule has 2 saturated heterocycles. The van der Waals surface area contributed by atoms with Crippen LogP contribution in [0.4, 0.5) is 10.6 Å². The summed E-state index contributed by atoms with van der Waals surface area (Å²) in [5.41, 5.74) is 1.32. The highest BCUT2D eigenvalue weighted by Crippen LogP contribution is 2.37. The first-order valence-corrected chi connectivity index (χ1v) is 13.6. The zero-order valence-electron chi connectivity index (χ0n) is 22.5. The molecule has 4 rings (SSSR count). The van der Waals surface area contributed by atoms with E-state index in [0.29, 0.717) is 35.3 Å². The van der Waals surface area contributed by atoms with Crippen molar-refractivity contribution in [2.24, 2.45) is 5.92 Å². The van der Waals surface area contributed by atoms with Gasteiger partial charge in [-0.25, -0.2) is 9.78 Å². The number of carbonyl (C=O) groups is 2. The summed E-state index contributed by atoms with van der Waals surface area (Å²) < 4.78 is 16.7. The lowest BCUT2D eigenvalue weighted by atomic mass is 9.81. The number of amides is 1. The number of nitrogens with zero attached hydrogens (tertiary/aromatic N) is 3. The number of anilines is 1. The van der Waals surface area contributed by atoms with E-state index < -0.39 is 17.6 Å². The largest absolute Gasteiger partial charge is 0.485 e. The number of rotatable bonds is 5. The quantitative estimate of drug-likeness (QED) is 0.421. The predicted octanol–water partition coefficient (Wildman–Crippen LogP) is 5.87. The van der Waals surface area contributed by atoms with Crippen molar-refractivity contribution in [1.82, 2.24) is 9.88 Å². The molecule has 206 valence electrons. The van der Waals surface area contributed by atoms with E-state index >= 15 is 0 Å². The number of halogens is 2. The first-order chi connectivity index (χ1) is 17.9. The maximum Gasteiger partial charge on any atom is 0.410 e. The van der Waals surface area contributed by atoms with Crippen molar-refractivity contribution in [2.45, 2.75) is 58.2 Å². The number of hydrogen-bond acceptors (Lipinski definition) is 7. The fraction of sp³-hybridized carbons (Fsp3) is 0.536. The SMILES string of the molecule is COC(=O)[C@@H]1CN(C(=O)OC(C)(C)C)CC[C@@H]1c1ccc(N2CC[C@@H](Oc3c(Cl)cc(C)cc3Cl)C2)nc1. The van der Waals surface area contributed by atoms with Gasteiger partial charge >= 0.3 is 12.1 Å². The molecule has 38 heavy (non-hydrogen) atoms. The molecule has 1 amide bonds. The minimum atomic E-state index is -0.604.